The molecule has 110 valence electrons. The van der Waals surface area contributed by atoms with E-state index in [1.54, 1.807) is 42.3 Å². The number of anilines is 1. The molecule has 0 saturated carbocycles. The summed E-state index contributed by atoms with van der Waals surface area (Å²) in [5.41, 5.74) is 7.53. The van der Waals surface area contributed by atoms with E-state index >= 15 is 0 Å². The second-order valence-electron chi connectivity index (χ2n) is 4.61. The molecule has 2 rings (SSSR count). The second-order valence-corrected chi connectivity index (χ2v) is 6.31. The monoisotopic (exact) mass is 386 g/mol. The average molecular weight is 388 g/mol. The molecule has 3 nitrogen and oxygen atoms in total. The van der Waals surface area contributed by atoms with Crippen molar-refractivity contribution in [1.82, 2.24) is 4.90 Å². The lowest BCUT2D eigenvalue weighted by atomic mass is 10.1. The molecule has 0 saturated heterocycles. The average Bonchev–Trinajstić information content (AvgIpc) is 2.45. The van der Waals surface area contributed by atoms with E-state index in [2.05, 4.69) is 15.9 Å². The normalized spacial score (nSPS) is 10.5. The van der Waals surface area contributed by atoms with E-state index in [-0.39, 0.29) is 5.91 Å². The third-order valence-electron chi connectivity index (χ3n) is 3.03. The van der Waals surface area contributed by atoms with Crippen LogP contribution in [0.5, 0.6) is 0 Å². The summed E-state index contributed by atoms with van der Waals surface area (Å²) in [6, 6.07) is 10.5. The molecule has 0 aliphatic carbocycles. The maximum atomic E-state index is 12.5. The van der Waals surface area contributed by atoms with Crippen molar-refractivity contribution in [2.24, 2.45) is 0 Å². The SMILES string of the molecule is CN(Cc1cccc(Cl)c1Cl)C(=O)c1cc(Br)ccc1N. The van der Waals surface area contributed by atoms with E-state index in [0.717, 1.165) is 10.0 Å². The summed E-state index contributed by atoms with van der Waals surface area (Å²) < 4.78 is 0.800. The number of hydrogen-bond donors (Lipinski definition) is 1. The maximum absolute atomic E-state index is 12.5. The highest BCUT2D eigenvalue weighted by Gasteiger charge is 2.17. The van der Waals surface area contributed by atoms with Gasteiger partial charge in [0.05, 0.1) is 15.6 Å². The number of nitrogens with zero attached hydrogens (tertiary/aromatic N) is 1. The molecule has 2 N–H and O–H groups in total. The van der Waals surface area contributed by atoms with Crippen molar-refractivity contribution in [2.45, 2.75) is 6.54 Å². The smallest absolute Gasteiger partial charge is 0.256 e. The van der Waals surface area contributed by atoms with Crippen molar-refractivity contribution in [3.63, 3.8) is 0 Å². The van der Waals surface area contributed by atoms with Gasteiger partial charge in [0.25, 0.3) is 5.91 Å². The molecule has 1 amide bonds. The summed E-state index contributed by atoms with van der Waals surface area (Å²) in [6.45, 7) is 0.351. The lowest BCUT2D eigenvalue weighted by Gasteiger charge is -2.19. The fourth-order valence-corrected chi connectivity index (χ4v) is 2.66. The Bertz CT molecular complexity index is 691. The van der Waals surface area contributed by atoms with Gasteiger partial charge in [0.2, 0.25) is 0 Å². The van der Waals surface area contributed by atoms with Gasteiger partial charge in [0.1, 0.15) is 0 Å². The van der Waals surface area contributed by atoms with Crippen molar-refractivity contribution in [3.05, 3.63) is 62.0 Å². The predicted octanol–water partition coefficient (Wildman–Crippen LogP) is 4.61. The highest BCUT2D eigenvalue weighted by Crippen LogP contribution is 2.27. The first-order chi connectivity index (χ1) is 9.90. The van der Waals surface area contributed by atoms with Gasteiger partial charge in [-0.1, -0.05) is 51.3 Å². The number of carbonyl (C=O) groups is 1. The van der Waals surface area contributed by atoms with Crippen molar-refractivity contribution in [1.29, 1.82) is 0 Å². The molecule has 0 aliphatic rings. The number of carbonyl (C=O) groups excluding carboxylic acids is 1. The number of benzene rings is 2. The quantitative estimate of drug-likeness (QED) is 0.781. The topological polar surface area (TPSA) is 46.3 Å². The molecule has 0 spiro atoms. The van der Waals surface area contributed by atoms with Crippen LogP contribution in [0.3, 0.4) is 0 Å². The Kier molecular flexibility index (Phi) is 5.14. The van der Waals surface area contributed by atoms with Gasteiger partial charge in [-0.05, 0) is 29.8 Å². The molecule has 0 aliphatic heterocycles. The van der Waals surface area contributed by atoms with E-state index in [1.807, 2.05) is 6.07 Å². The highest BCUT2D eigenvalue weighted by molar-refractivity contribution is 9.10. The summed E-state index contributed by atoms with van der Waals surface area (Å²) in [5.74, 6) is -0.176. The van der Waals surface area contributed by atoms with Gasteiger partial charge in [-0.3, -0.25) is 4.79 Å². The van der Waals surface area contributed by atoms with Crippen molar-refractivity contribution in [2.75, 3.05) is 12.8 Å². The number of nitrogens with two attached hydrogens (primary N) is 1. The Morgan fingerprint density at radius 3 is 2.71 bits per heavy atom. The fourth-order valence-electron chi connectivity index (χ4n) is 1.92. The van der Waals surface area contributed by atoms with Gasteiger partial charge in [-0.25, -0.2) is 0 Å². The molecule has 0 aromatic heterocycles. The van der Waals surface area contributed by atoms with Gasteiger partial charge in [-0.2, -0.15) is 0 Å². The Balaban J connectivity index is 2.24. The largest absolute Gasteiger partial charge is 0.398 e. The molecule has 0 bridgehead atoms. The standard InChI is InChI=1S/C15H13BrCl2N2O/c1-20(8-9-3-2-4-12(17)14(9)18)15(21)11-7-10(16)5-6-13(11)19/h2-7H,8,19H2,1H3. The lowest BCUT2D eigenvalue weighted by molar-refractivity contribution is 0.0786. The van der Waals surface area contributed by atoms with Crippen LogP contribution in [0.2, 0.25) is 10.0 Å². The van der Waals surface area contributed by atoms with Gasteiger partial charge < -0.3 is 10.6 Å². The molecule has 21 heavy (non-hydrogen) atoms. The summed E-state index contributed by atoms with van der Waals surface area (Å²) in [6.07, 6.45) is 0. The molecule has 2 aromatic rings. The van der Waals surface area contributed by atoms with Crippen LogP contribution in [-0.2, 0) is 6.54 Å². The molecule has 2 aromatic carbocycles. The summed E-state index contributed by atoms with van der Waals surface area (Å²) >= 11 is 15.5. The van der Waals surface area contributed by atoms with E-state index < -0.39 is 0 Å². The first-order valence-electron chi connectivity index (χ1n) is 6.13. The molecule has 0 fully saturated rings. The van der Waals surface area contributed by atoms with Crippen LogP contribution in [0, 0.1) is 0 Å². The third kappa shape index (κ3) is 3.70. The number of rotatable bonds is 3. The molecular formula is C15H13BrCl2N2O. The Labute approximate surface area is 141 Å². The number of amides is 1. The van der Waals surface area contributed by atoms with Crippen molar-refractivity contribution >= 4 is 50.7 Å². The van der Waals surface area contributed by atoms with E-state index in [0.29, 0.717) is 27.8 Å². The first-order valence-corrected chi connectivity index (χ1v) is 7.68. The molecule has 0 unspecified atom stereocenters. The van der Waals surface area contributed by atoms with Crippen LogP contribution in [-0.4, -0.2) is 17.9 Å². The van der Waals surface area contributed by atoms with Crippen LogP contribution < -0.4 is 5.73 Å². The Morgan fingerprint density at radius 2 is 2.00 bits per heavy atom. The van der Waals surface area contributed by atoms with Gasteiger partial charge in [0, 0.05) is 23.8 Å². The molecular weight excluding hydrogens is 375 g/mol. The molecule has 6 heteroatoms. The minimum absolute atomic E-state index is 0.176. The van der Waals surface area contributed by atoms with Gasteiger partial charge in [-0.15, -0.1) is 0 Å². The van der Waals surface area contributed by atoms with Gasteiger partial charge in [0.15, 0.2) is 0 Å². The first kappa shape index (κ1) is 16.1. The van der Waals surface area contributed by atoms with E-state index in [4.69, 9.17) is 28.9 Å². The second kappa shape index (κ2) is 6.69. The predicted molar refractivity (Wildman–Crippen MR) is 90.8 cm³/mol. The highest BCUT2D eigenvalue weighted by atomic mass is 79.9. The van der Waals surface area contributed by atoms with Gasteiger partial charge >= 0.3 is 0 Å². The number of hydrogen-bond acceptors (Lipinski definition) is 2. The van der Waals surface area contributed by atoms with Crippen LogP contribution in [0.1, 0.15) is 15.9 Å². The third-order valence-corrected chi connectivity index (χ3v) is 4.38. The Hall–Kier alpha value is -1.23. The zero-order valence-corrected chi connectivity index (χ0v) is 14.3. The minimum Gasteiger partial charge on any atom is -0.398 e. The zero-order valence-electron chi connectivity index (χ0n) is 11.2. The lowest BCUT2D eigenvalue weighted by Crippen LogP contribution is -2.27. The fraction of sp³-hybridized carbons (Fsp3) is 0.133. The van der Waals surface area contributed by atoms with Crippen LogP contribution in [0.15, 0.2) is 40.9 Å². The molecule has 0 radical (unpaired) electrons. The maximum Gasteiger partial charge on any atom is 0.256 e. The van der Waals surface area contributed by atoms with Crippen molar-refractivity contribution in [3.8, 4) is 0 Å². The number of halogens is 3. The van der Waals surface area contributed by atoms with Crippen LogP contribution in [0.4, 0.5) is 5.69 Å². The van der Waals surface area contributed by atoms with Crippen LogP contribution in [0.25, 0.3) is 0 Å². The molecule has 0 atom stereocenters. The zero-order chi connectivity index (χ0) is 15.6. The summed E-state index contributed by atoms with van der Waals surface area (Å²) in [7, 11) is 1.69. The summed E-state index contributed by atoms with van der Waals surface area (Å²) in [4.78, 5) is 14.0. The minimum atomic E-state index is -0.176. The van der Waals surface area contributed by atoms with Crippen molar-refractivity contribution < 1.29 is 4.79 Å². The van der Waals surface area contributed by atoms with Crippen LogP contribution >= 0.6 is 39.1 Å². The summed E-state index contributed by atoms with van der Waals surface area (Å²) in [5, 5.41) is 0.929. The Morgan fingerprint density at radius 1 is 1.29 bits per heavy atom. The van der Waals surface area contributed by atoms with E-state index in [1.165, 1.54) is 0 Å². The molecule has 0 heterocycles. The number of nitrogen functional groups attached to an aromatic ring is 1. The van der Waals surface area contributed by atoms with E-state index in [9.17, 15) is 4.79 Å².